The zero-order chi connectivity index (χ0) is 27.1. The first-order valence-electron chi connectivity index (χ1n) is 13.3. The van der Waals surface area contributed by atoms with Crippen LogP contribution in [-0.4, -0.2) is 70.6 Å². The van der Waals surface area contributed by atoms with E-state index in [1.54, 1.807) is 17.6 Å². The Morgan fingerprint density at radius 2 is 1.95 bits per heavy atom. The molecule has 2 atom stereocenters. The fourth-order valence-electron chi connectivity index (χ4n) is 5.97. The third kappa shape index (κ3) is 5.17. The van der Waals surface area contributed by atoms with Crippen molar-refractivity contribution in [1.29, 1.82) is 5.26 Å². The van der Waals surface area contributed by atoms with Crippen molar-refractivity contribution in [3.05, 3.63) is 31.0 Å². The molecular formula is C26H37N7O3SSi. The molecule has 1 aliphatic heterocycles. The fourth-order valence-corrected chi connectivity index (χ4v) is 7.93. The van der Waals surface area contributed by atoms with Crippen molar-refractivity contribution < 1.29 is 13.2 Å². The highest BCUT2D eigenvalue weighted by Gasteiger charge is 2.52. The van der Waals surface area contributed by atoms with Crippen LogP contribution in [0.4, 0.5) is 0 Å². The van der Waals surface area contributed by atoms with Crippen LogP contribution in [0.1, 0.15) is 26.2 Å². The monoisotopic (exact) mass is 555 g/mol. The summed E-state index contributed by atoms with van der Waals surface area (Å²) in [6.45, 7) is 11.0. The maximum Gasteiger partial charge on any atom is 0.213 e. The van der Waals surface area contributed by atoms with Gasteiger partial charge in [0.25, 0.3) is 0 Å². The van der Waals surface area contributed by atoms with E-state index in [0.29, 0.717) is 26.2 Å². The molecule has 2 aliphatic rings. The quantitative estimate of drug-likeness (QED) is 0.275. The van der Waals surface area contributed by atoms with Gasteiger partial charge in [0.2, 0.25) is 10.0 Å². The van der Waals surface area contributed by atoms with Crippen LogP contribution in [0.2, 0.25) is 25.7 Å². The van der Waals surface area contributed by atoms with E-state index in [-0.39, 0.29) is 17.6 Å². The second-order valence-electron chi connectivity index (χ2n) is 12.0. The van der Waals surface area contributed by atoms with Crippen molar-refractivity contribution in [2.45, 2.75) is 64.1 Å². The predicted molar refractivity (Wildman–Crippen MR) is 148 cm³/mol. The van der Waals surface area contributed by atoms with Crippen LogP contribution in [0.25, 0.3) is 22.3 Å². The van der Waals surface area contributed by atoms with Crippen molar-refractivity contribution in [2.75, 3.05) is 25.4 Å². The van der Waals surface area contributed by atoms with E-state index in [2.05, 4.69) is 35.7 Å². The van der Waals surface area contributed by atoms with Crippen LogP contribution in [0.5, 0.6) is 0 Å². The van der Waals surface area contributed by atoms with Crippen molar-refractivity contribution >= 4 is 29.1 Å². The smallest absolute Gasteiger partial charge is 0.213 e. The second kappa shape index (κ2) is 10.2. The predicted octanol–water partition coefficient (Wildman–Crippen LogP) is 3.91. The number of ether oxygens (including phenoxy) is 1. The van der Waals surface area contributed by atoms with Crippen molar-refractivity contribution in [3.63, 3.8) is 0 Å². The van der Waals surface area contributed by atoms with E-state index in [4.69, 9.17) is 9.84 Å². The zero-order valence-electron chi connectivity index (χ0n) is 22.7. The first-order valence-corrected chi connectivity index (χ1v) is 18.6. The highest BCUT2D eigenvalue weighted by molar-refractivity contribution is 7.89. The van der Waals surface area contributed by atoms with Crippen molar-refractivity contribution in [1.82, 2.24) is 28.6 Å². The Hall–Kier alpha value is -2.59. The number of hydrogen-bond acceptors (Lipinski definition) is 7. The molecule has 3 aromatic rings. The number of nitrogens with zero attached hydrogens (tertiary/aromatic N) is 7. The van der Waals surface area contributed by atoms with Gasteiger partial charge in [0.15, 0.2) is 0 Å². The second-order valence-corrected chi connectivity index (χ2v) is 19.9. The Morgan fingerprint density at radius 3 is 2.61 bits per heavy atom. The van der Waals surface area contributed by atoms with Gasteiger partial charge in [0.1, 0.15) is 18.7 Å². The van der Waals surface area contributed by atoms with Crippen LogP contribution >= 0.6 is 0 Å². The SMILES string of the molecule is CCS(=O)(=O)N1CC2CC(CC#N)(n3cc(-c4ncnc5c4ccn5COCC[Si](C)(C)C)cn3)CC2C1. The number of hydrogen-bond donors (Lipinski definition) is 0. The number of nitriles is 1. The van der Waals surface area contributed by atoms with E-state index in [9.17, 15) is 13.7 Å². The summed E-state index contributed by atoms with van der Waals surface area (Å²) in [6, 6.07) is 5.50. The normalized spacial score (nSPS) is 24.2. The summed E-state index contributed by atoms with van der Waals surface area (Å²) in [5, 5.41) is 15.4. The molecule has 0 N–H and O–H groups in total. The summed E-state index contributed by atoms with van der Waals surface area (Å²) in [5.74, 6) is 0.592. The lowest BCUT2D eigenvalue weighted by molar-refractivity contribution is 0.0899. The molecule has 0 spiro atoms. The molecule has 2 unspecified atom stereocenters. The fraction of sp³-hybridized carbons (Fsp3) is 0.615. The van der Waals surface area contributed by atoms with E-state index in [1.165, 1.54) is 0 Å². The van der Waals surface area contributed by atoms with Gasteiger partial charge in [0.05, 0.1) is 35.7 Å². The van der Waals surface area contributed by atoms with Gasteiger partial charge in [0, 0.05) is 51.1 Å². The lowest BCUT2D eigenvalue weighted by atomic mass is 9.92. The summed E-state index contributed by atoms with van der Waals surface area (Å²) in [7, 11) is -4.34. The minimum atomic E-state index is -3.20. The molecule has 2 fully saturated rings. The van der Waals surface area contributed by atoms with Crippen molar-refractivity contribution in [2.24, 2.45) is 11.8 Å². The average Bonchev–Trinajstić information content (AvgIpc) is 3.64. The topological polar surface area (TPSA) is 119 Å². The van der Waals surface area contributed by atoms with Gasteiger partial charge in [-0.15, -0.1) is 0 Å². The molecule has 38 heavy (non-hydrogen) atoms. The highest BCUT2D eigenvalue weighted by Crippen LogP contribution is 2.50. The van der Waals surface area contributed by atoms with E-state index in [0.717, 1.165) is 47.8 Å². The molecule has 1 saturated heterocycles. The molecule has 4 heterocycles. The zero-order valence-corrected chi connectivity index (χ0v) is 24.5. The van der Waals surface area contributed by atoms with E-state index in [1.807, 2.05) is 33.9 Å². The Bertz CT molecular complexity index is 1440. The molecule has 5 rings (SSSR count). The Morgan fingerprint density at radius 1 is 1.21 bits per heavy atom. The first-order chi connectivity index (χ1) is 18.0. The number of fused-ring (bicyclic) bond motifs is 2. The van der Waals surface area contributed by atoms with Crippen LogP contribution in [0.3, 0.4) is 0 Å². The highest BCUT2D eigenvalue weighted by atomic mass is 32.2. The van der Waals surface area contributed by atoms with Gasteiger partial charge in [-0.3, -0.25) is 4.68 Å². The molecule has 204 valence electrons. The molecule has 10 nitrogen and oxygen atoms in total. The van der Waals surface area contributed by atoms with Crippen LogP contribution < -0.4 is 0 Å². The molecule has 0 bridgehead atoms. The maximum atomic E-state index is 12.4. The maximum absolute atomic E-state index is 12.4. The lowest BCUT2D eigenvalue weighted by Gasteiger charge is -2.29. The van der Waals surface area contributed by atoms with Gasteiger partial charge >= 0.3 is 0 Å². The molecule has 3 aromatic heterocycles. The summed E-state index contributed by atoms with van der Waals surface area (Å²) in [4.78, 5) is 9.09. The largest absolute Gasteiger partial charge is 0.361 e. The van der Waals surface area contributed by atoms with Crippen LogP contribution in [-0.2, 0) is 27.0 Å². The molecule has 1 saturated carbocycles. The summed E-state index contributed by atoms with van der Waals surface area (Å²) >= 11 is 0. The van der Waals surface area contributed by atoms with Gasteiger partial charge in [-0.05, 0) is 43.7 Å². The number of rotatable bonds is 10. The Labute approximate surface area is 225 Å². The Balaban J connectivity index is 1.35. The van der Waals surface area contributed by atoms with Gasteiger partial charge < -0.3 is 9.30 Å². The molecule has 12 heteroatoms. The standard InChI is InChI=1S/C26H37N7O3SSi/c1-5-37(34,35)32-15-20-12-26(7-8-27,13-21(20)16-32)33-17-22(14-30-33)24-23-6-9-31(25(23)29-18-28-24)19-36-10-11-38(2,3)4/h6,9,14,17-18,20-21H,5,7,10-13,15-16,19H2,1-4H3. The number of sulfonamides is 1. The third-order valence-electron chi connectivity index (χ3n) is 8.12. The van der Waals surface area contributed by atoms with Crippen LogP contribution in [0, 0.1) is 23.2 Å². The van der Waals surface area contributed by atoms with Crippen molar-refractivity contribution in [3.8, 4) is 17.3 Å². The molecule has 0 amide bonds. The minimum absolute atomic E-state index is 0.123. The van der Waals surface area contributed by atoms with Crippen LogP contribution in [0.15, 0.2) is 31.0 Å². The van der Waals surface area contributed by atoms with E-state index >= 15 is 0 Å². The summed E-state index contributed by atoms with van der Waals surface area (Å²) in [5.41, 5.74) is 2.05. The first kappa shape index (κ1) is 27.0. The molecule has 0 aromatic carbocycles. The summed E-state index contributed by atoms with van der Waals surface area (Å²) in [6.07, 6.45) is 9.17. The van der Waals surface area contributed by atoms with Gasteiger partial charge in [-0.1, -0.05) is 19.6 Å². The molecular weight excluding hydrogens is 518 g/mol. The van der Waals surface area contributed by atoms with E-state index < -0.39 is 23.6 Å². The lowest BCUT2D eigenvalue weighted by Crippen LogP contribution is -2.36. The number of aromatic nitrogens is 5. The third-order valence-corrected chi connectivity index (χ3v) is 11.6. The average molecular weight is 556 g/mol. The van der Waals surface area contributed by atoms with Gasteiger partial charge in [-0.2, -0.15) is 10.4 Å². The molecule has 1 aliphatic carbocycles. The molecule has 0 radical (unpaired) electrons. The Kier molecular flexibility index (Phi) is 7.23. The minimum Gasteiger partial charge on any atom is -0.361 e. The summed E-state index contributed by atoms with van der Waals surface area (Å²) < 4.78 is 36.3. The van der Waals surface area contributed by atoms with Gasteiger partial charge in [-0.25, -0.2) is 22.7 Å².